The van der Waals surface area contributed by atoms with Crippen LogP contribution < -0.4 is 4.90 Å². The summed E-state index contributed by atoms with van der Waals surface area (Å²) in [5.74, 6) is -2.45. The van der Waals surface area contributed by atoms with Crippen molar-refractivity contribution in [2.45, 2.75) is 95.1 Å². The summed E-state index contributed by atoms with van der Waals surface area (Å²) in [5, 5.41) is 9.44. The molecule has 1 N–H and O–H groups in total. The summed E-state index contributed by atoms with van der Waals surface area (Å²) in [7, 11) is 0. The van der Waals surface area contributed by atoms with E-state index in [1.54, 1.807) is 37.8 Å². The van der Waals surface area contributed by atoms with Gasteiger partial charge in [-0.25, -0.2) is 13.6 Å². The number of amides is 2. The van der Waals surface area contributed by atoms with Crippen LogP contribution in [0.2, 0.25) is 0 Å². The van der Waals surface area contributed by atoms with Crippen molar-refractivity contribution >= 4 is 23.7 Å². The molecular formula is C34H39F5N2O5. The number of alkyl halides is 4. The number of hydrogen-bond donors (Lipinski definition) is 1. The van der Waals surface area contributed by atoms with Gasteiger partial charge in [0, 0.05) is 23.4 Å². The molecule has 7 nitrogen and oxygen atoms in total. The van der Waals surface area contributed by atoms with Crippen molar-refractivity contribution in [3.63, 3.8) is 0 Å². The predicted molar refractivity (Wildman–Crippen MR) is 160 cm³/mol. The van der Waals surface area contributed by atoms with Gasteiger partial charge in [-0.3, -0.25) is 14.5 Å². The van der Waals surface area contributed by atoms with E-state index >= 15 is 4.39 Å². The molecule has 2 heterocycles. The van der Waals surface area contributed by atoms with E-state index in [0.29, 0.717) is 50.2 Å². The fraction of sp³-hybridized carbons (Fsp3) is 0.559. The number of anilines is 1. The number of halogens is 5. The summed E-state index contributed by atoms with van der Waals surface area (Å²) in [5.41, 5.74) is -5.03. The molecule has 0 bridgehead atoms. The second-order valence-electron chi connectivity index (χ2n) is 14.0. The van der Waals surface area contributed by atoms with E-state index in [4.69, 9.17) is 4.74 Å². The number of ether oxygens (including phenoxy) is 1. The van der Waals surface area contributed by atoms with Gasteiger partial charge in [0.25, 0.3) is 0 Å². The van der Waals surface area contributed by atoms with Crippen LogP contribution in [0.25, 0.3) is 0 Å². The number of fused-ring (bicyclic) bond motifs is 3. The third-order valence-corrected chi connectivity index (χ3v) is 9.82. The Kier molecular flexibility index (Phi) is 8.66. The number of nitrogens with zero attached hydrogens (tertiary/aromatic N) is 2. The number of hydrogen-bond acceptors (Lipinski definition) is 4. The normalized spacial score (nSPS) is 26.2. The first-order valence-electron chi connectivity index (χ1n) is 15.5. The van der Waals surface area contributed by atoms with Gasteiger partial charge in [-0.1, -0.05) is 24.3 Å². The van der Waals surface area contributed by atoms with Crippen molar-refractivity contribution < 1.29 is 46.2 Å². The maximum absolute atomic E-state index is 15.3. The number of carbonyl (C=O) groups excluding carboxylic acids is 2. The van der Waals surface area contributed by atoms with Crippen LogP contribution in [0, 0.1) is 17.7 Å². The smallest absolute Gasteiger partial charge is 0.426 e. The zero-order valence-electron chi connectivity index (χ0n) is 26.3. The van der Waals surface area contributed by atoms with Crippen molar-refractivity contribution in [2.24, 2.45) is 11.8 Å². The van der Waals surface area contributed by atoms with Gasteiger partial charge in [0.05, 0.1) is 24.2 Å². The third-order valence-electron chi connectivity index (χ3n) is 9.82. The Morgan fingerprint density at radius 3 is 2.11 bits per heavy atom. The summed E-state index contributed by atoms with van der Waals surface area (Å²) >= 11 is 0. The van der Waals surface area contributed by atoms with Gasteiger partial charge in [-0.2, -0.15) is 13.2 Å². The number of likely N-dealkylation sites (tertiary alicyclic amines) is 1. The Labute approximate surface area is 264 Å². The molecule has 2 amide bonds. The third kappa shape index (κ3) is 6.19. The lowest BCUT2D eigenvalue weighted by atomic mass is 9.66. The Balaban J connectivity index is 1.63. The first-order chi connectivity index (χ1) is 21.3. The highest BCUT2D eigenvalue weighted by Crippen LogP contribution is 2.53. The lowest BCUT2D eigenvalue weighted by Crippen LogP contribution is -2.58. The molecular weight excluding hydrogens is 611 g/mol. The van der Waals surface area contributed by atoms with Crippen molar-refractivity contribution in [3.05, 3.63) is 65.0 Å². The van der Waals surface area contributed by atoms with Crippen LogP contribution in [0.1, 0.15) is 76.5 Å². The van der Waals surface area contributed by atoms with Crippen LogP contribution >= 0.6 is 0 Å². The molecule has 3 atom stereocenters. The standard InChI is InChI=1S/C34H39F5N2O5/c1-31(2,3)46-30(45)41-19-27-33(18-20-5-12-24(35)13-6-20,25-14-11-23(17-26(25)41)32(4,36)34(37,38)39)15-16-40(27)28(42)21-7-9-22(10-8-21)29(43)44/h5-6,11-14,17,21-22,27H,7-10,15-16,18-19H2,1-4H3,(H,43,44)/t21-,22-,27?,32?,33?. The fourth-order valence-electron chi connectivity index (χ4n) is 7.27. The second kappa shape index (κ2) is 11.8. The molecule has 2 aromatic rings. The van der Waals surface area contributed by atoms with E-state index in [0.717, 1.165) is 12.1 Å². The highest BCUT2D eigenvalue weighted by Gasteiger charge is 2.58. The molecule has 2 fully saturated rings. The van der Waals surface area contributed by atoms with Crippen LogP contribution in [0.15, 0.2) is 42.5 Å². The lowest BCUT2D eigenvalue weighted by Gasteiger charge is -2.48. The summed E-state index contributed by atoms with van der Waals surface area (Å²) in [6.07, 6.45) is -3.91. The van der Waals surface area contributed by atoms with E-state index < -0.39 is 64.2 Å². The van der Waals surface area contributed by atoms with Crippen LogP contribution in [0.3, 0.4) is 0 Å². The van der Waals surface area contributed by atoms with Gasteiger partial charge in [0.1, 0.15) is 11.4 Å². The largest absolute Gasteiger partial charge is 0.481 e. The number of carbonyl (C=O) groups is 3. The molecule has 2 aromatic carbocycles. The van der Waals surface area contributed by atoms with Gasteiger partial charge >= 0.3 is 18.2 Å². The molecule has 12 heteroatoms. The topological polar surface area (TPSA) is 87.2 Å². The zero-order chi connectivity index (χ0) is 33.8. The fourth-order valence-corrected chi connectivity index (χ4v) is 7.27. The summed E-state index contributed by atoms with van der Waals surface area (Å²) < 4.78 is 76.4. The minimum Gasteiger partial charge on any atom is -0.481 e. The van der Waals surface area contributed by atoms with Gasteiger partial charge in [-0.05, 0) is 95.5 Å². The predicted octanol–water partition coefficient (Wildman–Crippen LogP) is 7.30. The van der Waals surface area contributed by atoms with Crippen LogP contribution in [0.5, 0.6) is 0 Å². The molecule has 3 unspecified atom stereocenters. The molecule has 250 valence electrons. The molecule has 1 saturated heterocycles. The second-order valence-corrected chi connectivity index (χ2v) is 14.0. The van der Waals surface area contributed by atoms with Crippen LogP contribution in [-0.2, 0) is 31.8 Å². The van der Waals surface area contributed by atoms with Gasteiger partial charge < -0.3 is 14.7 Å². The number of rotatable bonds is 5. The molecule has 1 saturated carbocycles. The first kappa shape index (κ1) is 33.7. The minimum absolute atomic E-state index is 0.0644. The zero-order valence-corrected chi connectivity index (χ0v) is 26.3. The lowest BCUT2D eigenvalue weighted by molar-refractivity contribution is -0.228. The molecule has 1 aliphatic carbocycles. The van der Waals surface area contributed by atoms with Crippen molar-refractivity contribution in [2.75, 3.05) is 18.0 Å². The summed E-state index contributed by atoms with van der Waals surface area (Å²) in [6, 6.07) is 8.71. The van der Waals surface area contributed by atoms with Gasteiger partial charge in [0.15, 0.2) is 0 Å². The van der Waals surface area contributed by atoms with E-state index in [1.165, 1.54) is 23.1 Å². The number of carboxylic acid groups (broad SMARTS) is 1. The molecule has 0 aromatic heterocycles. The Morgan fingerprint density at radius 2 is 1.54 bits per heavy atom. The van der Waals surface area contributed by atoms with E-state index in [9.17, 15) is 37.1 Å². The Hall–Kier alpha value is -3.70. The van der Waals surface area contributed by atoms with Gasteiger partial charge in [-0.15, -0.1) is 0 Å². The monoisotopic (exact) mass is 650 g/mol. The number of benzene rings is 2. The van der Waals surface area contributed by atoms with Crippen molar-refractivity contribution in [1.82, 2.24) is 4.90 Å². The summed E-state index contributed by atoms with van der Waals surface area (Å²) in [4.78, 5) is 42.2. The minimum atomic E-state index is -5.22. The van der Waals surface area contributed by atoms with E-state index in [2.05, 4.69) is 0 Å². The average Bonchev–Trinajstić information content (AvgIpc) is 3.34. The Bertz CT molecular complexity index is 1490. The average molecular weight is 651 g/mol. The van der Waals surface area contributed by atoms with Crippen molar-refractivity contribution in [1.29, 1.82) is 0 Å². The SMILES string of the molecule is CC(C)(C)OC(=O)N1CC2N(C(=O)[C@H]3CC[C@H](C(=O)O)CC3)CCC2(Cc2ccc(F)cc2)c2ccc(C(C)(F)C(F)(F)F)cc21. The van der Waals surface area contributed by atoms with E-state index in [1.807, 2.05) is 0 Å². The summed E-state index contributed by atoms with van der Waals surface area (Å²) in [6.45, 7) is 5.51. The van der Waals surface area contributed by atoms with E-state index in [-0.39, 0.29) is 31.1 Å². The van der Waals surface area contributed by atoms with Crippen LogP contribution in [0.4, 0.5) is 32.4 Å². The Morgan fingerprint density at radius 1 is 0.935 bits per heavy atom. The highest BCUT2D eigenvalue weighted by atomic mass is 19.4. The highest BCUT2D eigenvalue weighted by molar-refractivity contribution is 5.91. The molecule has 5 rings (SSSR count). The quantitative estimate of drug-likeness (QED) is 0.344. The van der Waals surface area contributed by atoms with Crippen molar-refractivity contribution in [3.8, 4) is 0 Å². The molecule has 3 aliphatic rings. The molecule has 2 aliphatic heterocycles. The first-order valence-corrected chi connectivity index (χ1v) is 15.5. The molecule has 46 heavy (non-hydrogen) atoms. The molecule has 0 radical (unpaired) electrons. The number of carboxylic acids is 1. The van der Waals surface area contributed by atoms with Gasteiger partial charge in [0.2, 0.25) is 11.6 Å². The maximum Gasteiger partial charge on any atom is 0.426 e. The van der Waals surface area contributed by atoms with Crippen LogP contribution in [-0.4, -0.2) is 58.9 Å². The maximum atomic E-state index is 15.3. The number of aliphatic carboxylic acids is 1. The molecule has 0 spiro atoms.